The first kappa shape index (κ1) is 18.8. The number of hydrogen-bond donors (Lipinski definition) is 2. The molecule has 0 heterocycles. The number of nitrogens with two attached hydrogens (primary N) is 1. The summed E-state index contributed by atoms with van der Waals surface area (Å²) in [7, 11) is 3.11. The first-order chi connectivity index (χ1) is 8.99. The van der Waals surface area contributed by atoms with E-state index < -0.39 is 0 Å². The number of carbonyl (C=O) groups is 1. The van der Waals surface area contributed by atoms with Crippen LogP contribution in [-0.4, -0.2) is 33.3 Å². The van der Waals surface area contributed by atoms with E-state index in [1.54, 1.807) is 7.11 Å². The zero-order valence-corrected chi connectivity index (χ0v) is 13.3. The summed E-state index contributed by atoms with van der Waals surface area (Å²) in [6.07, 6.45) is 0. The van der Waals surface area contributed by atoms with Crippen LogP contribution >= 0.6 is 24.0 Å². The highest BCUT2D eigenvalue weighted by molar-refractivity contribution is 6.33. The van der Waals surface area contributed by atoms with Crippen LogP contribution in [0.4, 0.5) is 5.69 Å². The van der Waals surface area contributed by atoms with Gasteiger partial charge < -0.3 is 20.5 Å². The summed E-state index contributed by atoms with van der Waals surface area (Å²) in [6, 6.07) is 3.04. The molecule has 1 aromatic rings. The van der Waals surface area contributed by atoms with Gasteiger partial charge in [0, 0.05) is 19.7 Å². The van der Waals surface area contributed by atoms with Crippen LogP contribution in [0.15, 0.2) is 12.1 Å². The predicted molar refractivity (Wildman–Crippen MR) is 83.0 cm³/mol. The Bertz CT molecular complexity index is 455. The monoisotopic (exact) mass is 322 g/mol. The van der Waals surface area contributed by atoms with E-state index in [9.17, 15) is 4.79 Å². The lowest BCUT2D eigenvalue weighted by Gasteiger charge is -2.14. The highest BCUT2D eigenvalue weighted by Crippen LogP contribution is 2.28. The minimum atomic E-state index is -0.248. The van der Waals surface area contributed by atoms with Crippen LogP contribution in [0.25, 0.3) is 0 Å². The Morgan fingerprint density at radius 2 is 2.10 bits per heavy atom. The van der Waals surface area contributed by atoms with E-state index in [4.69, 9.17) is 26.8 Å². The maximum Gasteiger partial charge on any atom is 0.255 e. The van der Waals surface area contributed by atoms with Crippen molar-refractivity contribution in [3.8, 4) is 5.75 Å². The lowest BCUT2D eigenvalue weighted by Crippen LogP contribution is -2.30. The topological polar surface area (TPSA) is 73.6 Å². The molecule has 0 aliphatic rings. The van der Waals surface area contributed by atoms with Crippen molar-refractivity contribution in [1.82, 2.24) is 5.32 Å². The van der Waals surface area contributed by atoms with Gasteiger partial charge in [0.1, 0.15) is 5.75 Å². The number of ether oxygens (including phenoxy) is 2. The van der Waals surface area contributed by atoms with Crippen molar-refractivity contribution in [3.05, 3.63) is 22.7 Å². The average Bonchev–Trinajstić information content (AvgIpc) is 2.39. The molecule has 0 aromatic heterocycles. The highest BCUT2D eigenvalue weighted by Gasteiger charge is 2.15. The molecule has 0 saturated heterocycles. The van der Waals surface area contributed by atoms with Gasteiger partial charge in [-0.1, -0.05) is 18.5 Å². The van der Waals surface area contributed by atoms with E-state index in [0.29, 0.717) is 35.2 Å². The van der Waals surface area contributed by atoms with Crippen LogP contribution in [0, 0.1) is 5.92 Å². The normalized spacial score (nSPS) is 11.4. The summed E-state index contributed by atoms with van der Waals surface area (Å²) < 4.78 is 10.1. The van der Waals surface area contributed by atoms with Crippen LogP contribution in [0.1, 0.15) is 17.3 Å². The van der Waals surface area contributed by atoms with Gasteiger partial charge in [0.05, 0.1) is 30.0 Å². The third-order valence-electron chi connectivity index (χ3n) is 2.63. The number of hydrogen-bond acceptors (Lipinski definition) is 4. The van der Waals surface area contributed by atoms with E-state index >= 15 is 0 Å². The number of anilines is 1. The first-order valence-corrected chi connectivity index (χ1v) is 6.27. The summed E-state index contributed by atoms with van der Waals surface area (Å²) in [5, 5.41) is 3.14. The summed E-state index contributed by atoms with van der Waals surface area (Å²) in [5.41, 5.74) is 6.41. The summed E-state index contributed by atoms with van der Waals surface area (Å²) in [6.45, 7) is 3.08. The molecule has 0 aliphatic carbocycles. The molecule has 114 valence electrons. The Hall–Kier alpha value is -1.17. The molecular formula is C13H20Cl2N2O3. The second-order valence-corrected chi connectivity index (χ2v) is 4.75. The van der Waals surface area contributed by atoms with Gasteiger partial charge in [-0.15, -0.1) is 12.4 Å². The molecule has 1 atom stereocenters. The number of methoxy groups -OCH3 is 2. The fraction of sp³-hybridized carbons (Fsp3) is 0.462. The number of rotatable bonds is 6. The number of nitrogens with one attached hydrogen (secondary N) is 1. The zero-order chi connectivity index (χ0) is 14.4. The molecule has 0 spiro atoms. The average molecular weight is 323 g/mol. The molecule has 0 bridgehead atoms. The van der Waals surface area contributed by atoms with Crippen LogP contribution in [-0.2, 0) is 4.74 Å². The van der Waals surface area contributed by atoms with Crippen LogP contribution in [0.2, 0.25) is 5.02 Å². The van der Waals surface area contributed by atoms with Crippen LogP contribution < -0.4 is 15.8 Å². The third kappa shape index (κ3) is 5.07. The zero-order valence-electron chi connectivity index (χ0n) is 11.7. The molecule has 20 heavy (non-hydrogen) atoms. The fourth-order valence-electron chi connectivity index (χ4n) is 1.62. The lowest BCUT2D eigenvalue weighted by molar-refractivity contribution is 0.0931. The summed E-state index contributed by atoms with van der Waals surface area (Å²) in [5.74, 6) is 0.379. The Kier molecular flexibility index (Phi) is 8.37. The van der Waals surface area contributed by atoms with Gasteiger partial charge in [-0.3, -0.25) is 4.79 Å². The molecule has 3 N–H and O–H groups in total. The van der Waals surface area contributed by atoms with Crippen molar-refractivity contribution in [2.24, 2.45) is 5.92 Å². The standard InChI is InChI=1S/C13H19ClN2O3.ClH/c1-8(7-18-2)6-16-13(17)9-4-10(14)11(15)5-12(9)19-3;/h4-5,8H,6-7,15H2,1-3H3,(H,16,17);1H. The molecule has 0 saturated carbocycles. The molecule has 0 fully saturated rings. The number of benzene rings is 1. The predicted octanol–water partition coefficient (Wildman–Crippen LogP) is 2.36. The van der Waals surface area contributed by atoms with Gasteiger partial charge in [0.25, 0.3) is 5.91 Å². The Labute approximate surface area is 130 Å². The molecule has 0 aliphatic heterocycles. The molecular weight excluding hydrogens is 303 g/mol. The van der Waals surface area contributed by atoms with Gasteiger partial charge >= 0.3 is 0 Å². The van der Waals surface area contributed by atoms with E-state index in [1.807, 2.05) is 6.92 Å². The quantitative estimate of drug-likeness (QED) is 0.788. The van der Waals surface area contributed by atoms with E-state index in [2.05, 4.69) is 5.32 Å². The van der Waals surface area contributed by atoms with Gasteiger partial charge in [-0.25, -0.2) is 0 Å². The van der Waals surface area contributed by atoms with Gasteiger partial charge in [0.2, 0.25) is 0 Å². The number of halogens is 2. The van der Waals surface area contributed by atoms with Gasteiger partial charge in [0.15, 0.2) is 0 Å². The smallest absolute Gasteiger partial charge is 0.255 e. The van der Waals surface area contributed by atoms with Gasteiger partial charge in [-0.05, 0) is 12.0 Å². The second kappa shape index (κ2) is 8.89. The lowest BCUT2D eigenvalue weighted by atomic mass is 10.1. The Morgan fingerprint density at radius 1 is 1.45 bits per heavy atom. The van der Waals surface area contributed by atoms with Crippen molar-refractivity contribution in [3.63, 3.8) is 0 Å². The minimum absolute atomic E-state index is 0. The molecule has 1 aromatic carbocycles. The molecule has 1 unspecified atom stereocenters. The second-order valence-electron chi connectivity index (χ2n) is 4.34. The summed E-state index contributed by atoms with van der Waals surface area (Å²) >= 11 is 5.92. The highest BCUT2D eigenvalue weighted by atomic mass is 35.5. The Balaban J connectivity index is 0.00000361. The van der Waals surface area contributed by atoms with Crippen molar-refractivity contribution < 1.29 is 14.3 Å². The number of amides is 1. The Morgan fingerprint density at radius 3 is 2.65 bits per heavy atom. The molecule has 5 nitrogen and oxygen atoms in total. The molecule has 7 heteroatoms. The third-order valence-corrected chi connectivity index (χ3v) is 2.95. The van der Waals surface area contributed by atoms with Crippen molar-refractivity contribution in [2.45, 2.75) is 6.92 Å². The number of carbonyl (C=O) groups excluding carboxylic acids is 1. The molecule has 0 radical (unpaired) electrons. The first-order valence-electron chi connectivity index (χ1n) is 5.89. The van der Waals surface area contributed by atoms with E-state index in [1.165, 1.54) is 19.2 Å². The van der Waals surface area contributed by atoms with E-state index in [-0.39, 0.29) is 24.2 Å². The maximum atomic E-state index is 12.1. The minimum Gasteiger partial charge on any atom is -0.496 e. The summed E-state index contributed by atoms with van der Waals surface area (Å²) in [4.78, 5) is 12.1. The van der Waals surface area contributed by atoms with Crippen LogP contribution in [0.5, 0.6) is 5.75 Å². The fourth-order valence-corrected chi connectivity index (χ4v) is 1.78. The van der Waals surface area contributed by atoms with Gasteiger partial charge in [-0.2, -0.15) is 0 Å². The maximum absolute atomic E-state index is 12.1. The largest absolute Gasteiger partial charge is 0.496 e. The number of nitrogen functional groups attached to an aromatic ring is 1. The van der Waals surface area contributed by atoms with Crippen molar-refractivity contribution in [1.29, 1.82) is 0 Å². The van der Waals surface area contributed by atoms with Crippen molar-refractivity contribution in [2.75, 3.05) is 33.1 Å². The van der Waals surface area contributed by atoms with Crippen LogP contribution in [0.3, 0.4) is 0 Å². The van der Waals surface area contributed by atoms with E-state index in [0.717, 1.165) is 0 Å². The SMILES string of the molecule is COCC(C)CNC(=O)c1cc(Cl)c(N)cc1OC.Cl. The molecule has 1 amide bonds. The molecule has 1 rings (SSSR count). The van der Waals surface area contributed by atoms with Crippen molar-refractivity contribution >= 4 is 35.6 Å².